The largest absolute Gasteiger partial charge is 0.381 e. The zero-order valence-corrected chi connectivity index (χ0v) is 13.6. The van der Waals surface area contributed by atoms with Crippen molar-refractivity contribution in [3.8, 4) is 0 Å². The van der Waals surface area contributed by atoms with Gasteiger partial charge in [-0.05, 0) is 38.4 Å². The highest BCUT2D eigenvalue weighted by Gasteiger charge is 2.32. The Labute approximate surface area is 125 Å². The maximum atomic E-state index is 12.8. The van der Waals surface area contributed by atoms with E-state index in [2.05, 4.69) is 0 Å². The molecular weight excluding hydrogens is 296 g/mol. The molecule has 0 N–H and O–H groups in total. The molecular formula is C13H22N2O3S2. The van der Waals surface area contributed by atoms with Crippen LogP contribution in [0.15, 0.2) is 21.7 Å². The van der Waals surface area contributed by atoms with Crippen molar-refractivity contribution in [1.29, 1.82) is 0 Å². The van der Waals surface area contributed by atoms with Gasteiger partial charge in [0.1, 0.15) is 4.21 Å². The lowest BCUT2D eigenvalue weighted by atomic mass is 10.1. The van der Waals surface area contributed by atoms with Crippen molar-refractivity contribution < 1.29 is 13.2 Å². The Hall–Kier alpha value is -0.470. The molecule has 7 heteroatoms. The van der Waals surface area contributed by atoms with Crippen LogP contribution in [0.4, 0.5) is 0 Å². The molecule has 1 aromatic heterocycles. The Morgan fingerprint density at radius 3 is 2.55 bits per heavy atom. The Morgan fingerprint density at radius 1 is 1.30 bits per heavy atom. The maximum absolute atomic E-state index is 12.8. The van der Waals surface area contributed by atoms with E-state index in [4.69, 9.17) is 4.74 Å². The summed E-state index contributed by atoms with van der Waals surface area (Å²) in [6.07, 6.45) is 1.55. The van der Waals surface area contributed by atoms with Crippen molar-refractivity contribution >= 4 is 21.4 Å². The maximum Gasteiger partial charge on any atom is 0.252 e. The van der Waals surface area contributed by atoms with Gasteiger partial charge in [-0.15, -0.1) is 11.3 Å². The molecule has 1 aliphatic heterocycles. The standard InChI is InChI=1S/C13H22N2O3S2/c1-14(2)7-8-15(12-5-9-18-10-6-12)20(16,17)13-4-3-11-19-13/h3-4,11-12H,5-10H2,1-2H3. The summed E-state index contributed by atoms with van der Waals surface area (Å²) in [6, 6.07) is 3.52. The fraction of sp³-hybridized carbons (Fsp3) is 0.692. The minimum absolute atomic E-state index is 0.0517. The molecule has 1 saturated heterocycles. The first-order valence-corrected chi connectivity index (χ1v) is 9.11. The van der Waals surface area contributed by atoms with Crippen LogP contribution >= 0.6 is 11.3 Å². The first kappa shape index (κ1) is 15.9. The third-order valence-electron chi connectivity index (χ3n) is 3.42. The molecule has 0 radical (unpaired) electrons. The van der Waals surface area contributed by atoms with E-state index in [1.807, 2.05) is 19.0 Å². The summed E-state index contributed by atoms with van der Waals surface area (Å²) >= 11 is 1.28. The fourth-order valence-corrected chi connectivity index (χ4v) is 5.09. The molecule has 2 heterocycles. The van der Waals surface area contributed by atoms with E-state index < -0.39 is 10.0 Å². The van der Waals surface area contributed by atoms with Gasteiger partial charge in [0.05, 0.1) is 0 Å². The average Bonchev–Trinajstić information content (AvgIpc) is 2.94. The van der Waals surface area contributed by atoms with Crippen LogP contribution in [0, 0.1) is 0 Å². The predicted octanol–water partition coefficient (Wildman–Crippen LogP) is 1.48. The normalized spacial score (nSPS) is 18.0. The lowest BCUT2D eigenvalue weighted by molar-refractivity contribution is 0.0573. The van der Waals surface area contributed by atoms with E-state index in [1.54, 1.807) is 21.8 Å². The summed E-state index contributed by atoms with van der Waals surface area (Å²) < 4.78 is 33.0. The van der Waals surface area contributed by atoms with Crippen LogP contribution in [0.3, 0.4) is 0 Å². The number of ether oxygens (including phenoxy) is 1. The highest BCUT2D eigenvalue weighted by molar-refractivity contribution is 7.91. The van der Waals surface area contributed by atoms with Crippen molar-refractivity contribution in [2.24, 2.45) is 0 Å². The Morgan fingerprint density at radius 2 is 2.00 bits per heavy atom. The van der Waals surface area contributed by atoms with Crippen molar-refractivity contribution in [3.63, 3.8) is 0 Å². The third-order valence-corrected chi connectivity index (χ3v) is 6.75. The molecule has 5 nitrogen and oxygen atoms in total. The molecule has 114 valence electrons. The van der Waals surface area contributed by atoms with Gasteiger partial charge in [0.25, 0.3) is 10.0 Å². The quantitative estimate of drug-likeness (QED) is 0.797. The SMILES string of the molecule is CN(C)CCN(C1CCOCC1)S(=O)(=O)c1cccs1. The molecule has 20 heavy (non-hydrogen) atoms. The van der Waals surface area contributed by atoms with Crippen LogP contribution < -0.4 is 0 Å². The molecule has 0 spiro atoms. The van der Waals surface area contributed by atoms with Crippen molar-refractivity contribution in [2.45, 2.75) is 23.1 Å². The summed E-state index contributed by atoms with van der Waals surface area (Å²) in [4.78, 5) is 2.01. The zero-order chi connectivity index (χ0) is 14.6. The van der Waals surface area contributed by atoms with Crippen LogP contribution in [-0.2, 0) is 14.8 Å². The van der Waals surface area contributed by atoms with E-state index in [1.165, 1.54) is 11.3 Å². The van der Waals surface area contributed by atoms with Gasteiger partial charge in [0.15, 0.2) is 0 Å². The molecule has 2 rings (SSSR count). The molecule has 0 saturated carbocycles. The first-order valence-electron chi connectivity index (χ1n) is 6.79. The fourth-order valence-electron chi connectivity index (χ4n) is 2.30. The molecule has 0 bridgehead atoms. The molecule has 0 amide bonds. The van der Waals surface area contributed by atoms with E-state index >= 15 is 0 Å². The van der Waals surface area contributed by atoms with Crippen LogP contribution in [0.1, 0.15) is 12.8 Å². The molecule has 1 aromatic rings. The van der Waals surface area contributed by atoms with Gasteiger partial charge in [-0.25, -0.2) is 8.42 Å². The summed E-state index contributed by atoms with van der Waals surface area (Å²) in [5, 5.41) is 1.81. The van der Waals surface area contributed by atoms with Gasteiger partial charge in [-0.1, -0.05) is 6.07 Å². The van der Waals surface area contributed by atoms with E-state index in [-0.39, 0.29) is 6.04 Å². The van der Waals surface area contributed by atoms with Gasteiger partial charge < -0.3 is 9.64 Å². The third kappa shape index (κ3) is 3.79. The number of likely N-dealkylation sites (N-methyl/N-ethyl adjacent to an activating group) is 1. The number of sulfonamides is 1. The van der Waals surface area contributed by atoms with Crippen LogP contribution in [-0.4, -0.2) is 64.1 Å². The second kappa shape index (κ2) is 7.00. The van der Waals surface area contributed by atoms with Gasteiger partial charge in [0.2, 0.25) is 0 Å². The van der Waals surface area contributed by atoms with Crippen LogP contribution in [0.2, 0.25) is 0 Å². The van der Waals surface area contributed by atoms with Gasteiger partial charge in [-0.3, -0.25) is 0 Å². The van der Waals surface area contributed by atoms with Crippen molar-refractivity contribution in [2.75, 3.05) is 40.4 Å². The summed E-state index contributed by atoms with van der Waals surface area (Å²) in [7, 11) is 0.533. The van der Waals surface area contributed by atoms with Crippen molar-refractivity contribution in [3.05, 3.63) is 17.5 Å². The number of hydrogen-bond acceptors (Lipinski definition) is 5. The summed E-state index contributed by atoms with van der Waals surface area (Å²) in [5.41, 5.74) is 0. The predicted molar refractivity (Wildman–Crippen MR) is 80.6 cm³/mol. The number of nitrogens with zero attached hydrogens (tertiary/aromatic N) is 2. The average molecular weight is 318 g/mol. The second-order valence-corrected chi connectivity index (χ2v) is 8.26. The van der Waals surface area contributed by atoms with Gasteiger partial charge in [0, 0.05) is 32.3 Å². The minimum Gasteiger partial charge on any atom is -0.381 e. The molecule has 0 atom stereocenters. The van der Waals surface area contributed by atoms with E-state index in [9.17, 15) is 8.42 Å². The Bertz CT molecular complexity index is 494. The topological polar surface area (TPSA) is 49.9 Å². The Balaban J connectivity index is 2.20. The monoisotopic (exact) mass is 318 g/mol. The van der Waals surface area contributed by atoms with E-state index in [0.717, 1.165) is 19.4 Å². The smallest absolute Gasteiger partial charge is 0.252 e. The first-order chi connectivity index (χ1) is 9.51. The van der Waals surface area contributed by atoms with Gasteiger partial charge in [-0.2, -0.15) is 4.31 Å². The molecule has 0 unspecified atom stereocenters. The van der Waals surface area contributed by atoms with Crippen LogP contribution in [0.25, 0.3) is 0 Å². The molecule has 1 aliphatic rings. The zero-order valence-electron chi connectivity index (χ0n) is 12.0. The second-order valence-electron chi connectivity index (χ2n) is 5.19. The van der Waals surface area contributed by atoms with E-state index in [0.29, 0.717) is 24.0 Å². The minimum atomic E-state index is -3.38. The summed E-state index contributed by atoms with van der Waals surface area (Å²) in [6.45, 7) is 2.53. The summed E-state index contributed by atoms with van der Waals surface area (Å²) in [5.74, 6) is 0. The van der Waals surface area contributed by atoms with Gasteiger partial charge >= 0.3 is 0 Å². The molecule has 0 aromatic carbocycles. The number of thiophene rings is 1. The van der Waals surface area contributed by atoms with Crippen molar-refractivity contribution in [1.82, 2.24) is 9.21 Å². The highest BCUT2D eigenvalue weighted by atomic mass is 32.2. The number of hydrogen-bond donors (Lipinski definition) is 0. The Kier molecular flexibility index (Phi) is 5.57. The number of rotatable bonds is 6. The van der Waals surface area contributed by atoms with Crippen LogP contribution in [0.5, 0.6) is 0 Å². The molecule has 1 fully saturated rings. The lowest BCUT2D eigenvalue weighted by Gasteiger charge is -2.33. The highest BCUT2D eigenvalue weighted by Crippen LogP contribution is 2.26. The lowest BCUT2D eigenvalue weighted by Crippen LogP contribution is -2.45. The molecule has 0 aliphatic carbocycles.